The summed E-state index contributed by atoms with van der Waals surface area (Å²) in [5.41, 5.74) is 0. The van der Waals surface area contributed by atoms with Gasteiger partial charge >= 0.3 is 0 Å². The number of hydrogen-bond donors (Lipinski definition) is 0. The van der Waals surface area contributed by atoms with Crippen LogP contribution in [0.15, 0.2) is 4.52 Å². The predicted molar refractivity (Wildman–Crippen MR) is 79.6 cm³/mol. The Morgan fingerprint density at radius 1 is 1.52 bits per heavy atom. The number of amides is 1. The Morgan fingerprint density at radius 3 is 2.95 bits per heavy atom. The van der Waals surface area contributed by atoms with E-state index in [1.54, 1.807) is 11.8 Å². The summed E-state index contributed by atoms with van der Waals surface area (Å²) in [5.74, 6) is 1.96. The summed E-state index contributed by atoms with van der Waals surface area (Å²) in [7, 11) is 2.16. The standard InChI is InChI=1S/C15H26N4O2/c1-4-19(11-14-16-12(2)17-21-14)15(20)8-7-13-6-5-9-18(3)10-13/h13H,4-11H2,1-3H3. The number of nitrogens with zero attached hydrogens (tertiary/aromatic N) is 4. The zero-order valence-corrected chi connectivity index (χ0v) is 13.3. The van der Waals surface area contributed by atoms with Gasteiger partial charge in [0.2, 0.25) is 11.8 Å². The maximum atomic E-state index is 12.3. The zero-order valence-electron chi connectivity index (χ0n) is 13.3. The molecule has 1 aliphatic rings. The van der Waals surface area contributed by atoms with Gasteiger partial charge in [-0.2, -0.15) is 4.98 Å². The van der Waals surface area contributed by atoms with Gasteiger partial charge in [0, 0.05) is 19.5 Å². The molecule has 0 spiro atoms. The summed E-state index contributed by atoms with van der Waals surface area (Å²) < 4.78 is 5.09. The Bertz CT molecular complexity index is 460. The van der Waals surface area contributed by atoms with Gasteiger partial charge < -0.3 is 14.3 Å². The van der Waals surface area contributed by atoms with E-state index in [9.17, 15) is 4.79 Å². The largest absolute Gasteiger partial charge is 0.337 e. The first-order valence-electron chi connectivity index (χ1n) is 7.84. The molecule has 21 heavy (non-hydrogen) atoms. The molecule has 1 aromatic rings. The van der Waals surface area contributed by atoms with Gasteiger partial charge in [-0.25, -0.2) is 0 Å². The molecule has 1 fully saturated rings. The highest BCUT2D eigenvalue weighted by Gasteiger charge is 2.20. The van der Waals surface area contributed by atoms with E-state index in [0.717, 1.165) is 13.0 Å². The van der Waals surface area contributed by atoms with E-state index in [0.29, 0.717) is 37.1 Å². The molecule has 0 N–H and O–H groups in total. The molecule has 0 bridgehead atoms. The second kappa shape index (κ2) is 7.54. The highest BCUT2D eigenvalue weighted by atomic mass is 16.5. The highest BCUT2D eigenvalue weighted by molar-refractivity contribution is 5.76. The first kappa shape index (κ1) is 15.9. The van der Waals surface area contributed by atoms with E-state index in [1.165, 1.54) is 19.4 Å². The Balaban J connectivity index is 1.79. The van der Waals surface area contributed by atoms with Crippen LogP contribution in [0, 0.1) is 12.8 Å². The van der Waals surface area contributed by atoms with E-state index in [1.807, 2.05) is 6.92 Å². The minimum Gasteiger partial charge on any atom is -0.337 e. The van der Waals surface area contributed by atoms with Gasteiger partial charge in [-0.15, -0.1) is 0 Å². The van der Waals surface area contributed by atoms with Crippen molar-refractivity contribution >= 4 is 5.91 Å². The minimum absolute atomic E-state index is 0.182. The third-order valence-corrected chi connectivity index (χ3v) is 4.12. The van der Waals surface area contributed by atoms with Crippen molar-refractivity contribution in [1.29, 1.82) is 0 Å². The number of aryl methyl sites for hydroxylation is 1. The van der Waals surface area contributed by atoms with Crippen LogP contribution in [0.4, 0.5) is 0 Å². The monoisotopic (exact) mass is 294 g/mol. The van der Waals surface area contributed by atoms with Crippen molar-refractivity contribution in [3.8, 4) is 0 Å². The Labute approximate surface area is 126 Å². The fourth-order valence-corrected chi connectivity index (χ4v) is 2.94. The molecule has 1 saturated heterocycles. The first-order valence-corrected chi connectivity index (χ1v) is 7.84. The molecule has 0 radical (unpaired) electrons. The summed E-state index contributed by atoms with van der Waals surface area (Å²) in [5, 5.41) is 3.76. The van der Waals surface area contributed by atoms with Gasteiger partial charge in [-0.05, 0) is 52.6 Å². The summed E-state index contributed by atoms with van der Waals surface area (Å²) in [6.07, 6.45) is 4.07. The zero-order chi connectivity index (χ0) is 15.2. The molecule has 2 rings (SSSR count). The van der Waals surface area contributed by atoms with Crippen LogP contribution in [0.3, 0.4) is 0 Å². The summed E-state index contributed by atoms with van der Waals surface area (Å²) in [6.45, 7) is 7.15. The molecule has 1 atom stereocenters. The molecule has 1 unspecified atom stereocenters. The fourth-order valence-electron chi connectivity index (χ4n) is 2.94. The average molecular weight is 294 g/mol. The molecule has 1 aliphatic heterocycles. The Hall–Kier alpha value is -1.43. The lowest BCUT2D eigenvalue weighted by Crippen LogP contribution is -2.34. The van der Waals surface area contributed by atoms with Crippen LogP contribution in [0.1, 0.15) is 44.3 Å². The van der Waals surface area contributed by atoms with Crippen LogP contribution in [0.5, 0.6) is 0 Å². The first-order chi connectivity index (χ1) is 10.1. The number of piperidine rings is 1. The topological polar surface area (TPSA) is 62.5 Å². The molecule has 1 amide bonds. The van der Waals surface area contributed by atoms with Crippen molar-refractivity contribution in [2.45, 2.75) is 46.1 Å². The van der Waals surface area contributed by atoms with E-state index in [2.05, 4.69) is 22.1 Å². The molecule has 118 valence electrons. The van der Waals surface area contributed by atoms with Gasteiger partial charge in [0.15, 0.2) is 5.82 Å². The second-order valence-electron chi connectivity index (χ2n) is 5.95. The van der Waals surface area contributed by atoms with Gasteiger partial charge in [-0.3, -0.25) is 4.79 Å². The number of carbonyl (C=O) groups excluding carboxylic acids is 1. The normalized spacial score (nSPS) is 19.7. The van der Waals surface area contributed by atoms with Gasteiger partial charge in [0.25, 0.3) is 0 Å². The third-order valence-electron chi connectivity index (χ3n) is 4.12. The third kappa shape index (κ3) is 4.81. The minimum atomic E-state index is 0.182. The smallest absolute Gasteiger partial charge is 0.246 e. The van der Waals surface area contributed by atoms with Crippen molar-refractivity contribution in [2.75, 3.05) is 26.7 Å². The molecule has 0 aliphatic carbocycles. The van der Waals surface area contributed by atoms with Crippen LogP contribution in [-0.4, -0.2) is 52.5 Å². The summed E-state index contributed by atoms with van der Waals surface area (Å²) in [4.78, 5) is 20.6. The second-order valence-corrected chi connectivity index (χ2v) is 5.95. The number of rotatable bonds is 6. The van der Waals surface area contributed by atoms with Crippen molar-refractivity contribution in [1.82, 2.24) is 19.9 Å². The summed E-state index contributed by atoms with van der Waals surface area (Å²) >= 11 is 0. The van der Waals surface area contributed by atoms with Crippen molar-refractivity contribution in [2.24, 2.45) is 5.92 Å². The van der Waals surface area contributed by atoms with E-state index >= 15 is 0 Å². The molecule has 1 aromatic heterocycles. The predicted octanol–water partition coefficient (Wildman–Crippen LogP) is 1.85. The lowest BCUT2D eigenvalue weighted by atomic mass is 9.93. The SMILES string of the molecule is CCN(Cc1nc(C)no1)C(=O)CCC1CCCN(C)C1. The number of hydrogen-bond acceptors (Lipinski definition) is 5. The van der Waals surface area contributed by atoms with Gasteiger partial charge in [-0.1, -0.05) is 5.16 Å². The van der Waals surface area contributed by atoms with Crippen LogP contribution in [0.2, 0.25) is 0 Å². The molecule has 0 aromatic carbocycles. The van der Waals surface area contributed by atoms with Crippen molar-refractivity contribution in [3.63, 3.8) is 0 Å². The molecule has 6 nitrogen and oxygen atoms in total. The quantitative estimate of drug-likeness (QED) is 0.801. The molecule has 2 heterocycles. The van der Waals surface area contributed by atoms with E-state index in [4.69, 9.17) is 4.52 Å². The van der Waals surface area contributed by atoms with Crippen LogP contribution in [0.25, 0.3) is 0 Å². The number of aromatic nitrogens is 2. The van der Waals surface area contributed by atoms with Crippen LogP contribution < -0.4 is 0 Å². The Kier molecular flexibility index (Phi) is 5.73. The average Bonchev–Trinajstić information content (AvgIpc) is 2.87. The highest BCUT2D eigenvalue weighted by Crippen LogP contribution is 2.20. The summed E-state index contributed by atoms with van der Waals surface area (Å²) in [6, 6.07) is 0. The van der Waals surface area contributed by atoms with E-state index in [-0.39, 0.29) is 5.91 Å². The van der Waals surface area contributed by atoms with Crippen molar-refractivity contribution in [3.05, 3.63) is 11.7 Å². The lowest BCUT2D eigenvalue weighted by Gasteiger charge is -2.30. The molecular formula is C15H26N4O2. The van der Waals surface area contributed by atoms with Crippen molar-refractivity contribution < 1.29 is 9.32 Å². The molecule has 6 heteroatoms. The number of carbonyl (C=O) groups is 1. The maximum absolute atomic E-state index is 12.3. The van der Waals surface area contributed by atoms with Crippen LogP contribution >= 0.6 is 0 Å². The van der Waals surface area contributed by atoms with Crippen LogP contribution in [-0.2, 0) is 11.3 Å². The maximum Gasteiger partial charge on any atom is 0.246 e. The number of likely N-dealkylation sites (tertiary alicyclic amines) is 1. The molecule has 0 saturated carbocycles. The lowest BCUT2D eigenvalue weighted by molar-refractivity contribution is -0.132. The fraction of sp³-hybridized carbons (Fsp3) is 0.800. The van der Waals surface area contributed by atoms with Gasteiger partial charge in [0.05, 0.1) is 6.54 Å². The van der Waals surface area contributed by atoms with Gasteiger partial charge in [0.1, 0.15) is 0 Å². The van der Waals surface area contributed by atoms with E-state index < -0.39 is 0 Å². The Morgan fingerprint density at radius 2 is 2.33 bits per heavy atom. The molecular weight excluding hydrogens is 268 g/mol.